The molecule has 2 heterocycles. The van der Waals surface area contributed by atoms with E-state index in [4.69, 9.17) is 4.74 Å². The highest BCUT2D eigenvalue weighted by molar-refractivity contribution is 7.92. The van der Waals surface area contributed by atoms with Crippen LogP contribution >= 0.6 is 0 Å². The number of nitrogens with one attached hydrogen (secondary N) is 1. The van der Waals surface area contributed by atoms with Crippen molar-refractivity contribution in [3.05, 3.63) is 53.1 Å². The van der Waals surface area contributed by atoms with E-state index in [-0.39, 0.29) is 16.8 Å². The molecule has 4 rings (SSSR count). The fourth-order valence-corrected chi connectivity index (χ4v) is 5.50. The predicted molar refractivity (Wildman–Crippen MR) is 112 cm³/mol. The molecule has 7 heteroatoms. The highest BCUT2D eigenvalue weighted by atomic mass is 32.2. The Morgan fingerprint density at radius 3 is 2.69 bits per heavy atom. The highest BCUT2D eigenvalue weighted by Gasteiger charge is 2.31. The van der Waals surface area contributed by atoms with Gasteiger partial charge in [-0.2, -0.15) is 0 Å². The zero-order valence-corrected chi connectivity index (χ0v) is 17.6. The summed E-state index contributed by atoms with van der Waals surface area (Å²) in [7, 11) is -3.76. The van der Waals surface area contributed by atoms with Crippen LogP contribution in [0.15, 0.2) is 41.3 Å². The minimum Gasteiger partial charge on any atom is -0.493 e. The van der Waals surface area contributed by atoms with Gasteiger partial charge in [0.1, 0.15) is 5.75 Å². The number of nitrogens with zero attached hydrogens (tertiary/aromatic N) is 1. The Labute approximate surface area is 171 Å². The van der Waals surface area contributed by atoms with Crippen molar-refractivity contribution in [3.63, 3.8) is 0 Å². The van der Waals surface area contributed by atoms with E-state index in [0.29, 0.717) is 29.2 Å². The molecule has 154 valence electrons. The first kappa shape index (κ1) is 19.8. The van der Waals surface area contributed by atoms with Crippen LogP contribution < -0.4 is 9.46 Å². The number of sulfonamides is 1. The molecule has 0 radical (unpaired) electrons. The summed E-state index contributed by atoms with van der Waals surface area (Å²) in [5.74, 6) is 0.422. The second kappa shape index (κ2) is 7.71. The van der Waals surface area contributed by atoms with Gasteiger partial charge in [-0.3, -0.25) is 9.52 Å². The second-order valence-electron chi connectivity index (χ2n) is 7.87. The quantitative estimate of drug-likeness (QED) is 0.827. The molecule has 0 saturated carbocycles. The van der Waals surface area contributed by atoms with Crippen LogP contribution in [0.3, 0.4) is 0 Å². The van der Waals surface area contributed by atoms with Crippen LogP contribution in [0.4, 0.5) is 5.69 Å². The molecule has 2 aromatic rings. The van der Waals surface area contributed by atoms with Crippen LogP contribution in [0.5, 0.6) is 5.75 Å². The van der Waals surface area contributed by atoms with Crippen molar-refractivity contribution in [2.45, 2.75) is 50.5 Å². The van der Waals surface area contributed by atoms with Crippen LogP contribution in [0.2, 0.25) is 0 Å². The van der Waals surface area contributed by atoms with Crippen molar-refractivity contribution in [2.75, 3.05) is 17.9 Å². The molecule has 0 spiro atoms. The number of hydrogen-bond donors (Lipinski definition) is 1. The van der Waals surface area contributed by atoms with Gasteiger partial charge >= 0.3 is 0 Å². The molecule has 2 aromatic carbocycles. The zero-order chi connectivity index (χ0) is 20.6. The highest BCUT2D eigenvalue weighted by Crippen LogP contribution is 2.31. The maximum absolute atomic E-state index is 13.2. The summed E-state index contributed by atoms with van der Waals surface area (Å²) in [4.78, 5) is 15.3. The van der Waals surface area contributed by atoms with Gasteiger partial charge in [-0.15, -0.1) is 0 Å². The molecule has 29 heavy (non-hydrogen) atoms. The Morgan fingerprint density at radius 2 is 1.90 bits per heavy atom. The topological polar surface area (TPSA) is 75.7 Å². The van der Waals surface area contributed by atoms with Gasteiger partial charge in [0.05, 0.1) is 17.1 Å². The maximum Gasteiger partial charge on any atom is 0.262 e. The van der Waals surface area contributed by atoms with Gasteiger partial charge < -0.3 is 9.64 Å². The van der Waals surface area contributed by atoms with Crippen molar-refractivity contribution < 1.29 is 17.9 Å². The summed E-state index contributed by atoms with van der Waals surface area (Å²) in [6.07, 6.45) is 3.93. The van der Waals surface area contributed by atoms with E-state index in [2.05, 4.69) is 4.72 Å². The summed E-state index contributed by atoms with van der Waals surface area (Å²) in [6, 6.07) is 10.3. The standard InChI is InChI=1S/C22H26N2O4S/c1-15-6-9-21(16(2)13-15)29(26,27)23-17-7-8-20-19(14-17)22(25)24-11-4-3-5-18(24)10-12-28-20/h6-9,13-14,18,23H,3-5,10-12H2,1-2H3. The second-order valence-corrected chi connectivity index (χ2v) is 9.52. The summed E-state index contributed by atoms with van der Waals surface area (Å²) in [6.45, 7) is 4.98. The van der Waals surface area contributed by atoms with Crippen molar-refractivity contribution in [1.29, 1.82) is 0 Å². The average molecular weight is 415 g/mol. The predicted octanol–water partition coefficient (Wildman–Crippen LogP) is 3.88. The Morgan fingerprint density at radius 1 is 1.07 bits per heavy atom. The Hall–Kier alpha value is -2.54. The van der Waals surface area contributed by atoms with Gasteiger partial charge in [0.2, 0.25) is 0 Å². The molecular formula is C22H26N2O4S. The fourth-order valence-electron chi connectivity index (χ4n) is 4.23. The van der Waals surface area contributed by atoms with Gasteiger partial charge in [-0.05, 0) is 62.9 Å². The fraction of sp³-hybridized carbons (Fsp3) is 0.409. The van der Waals surface area contributed by atoms with Crippen molar-refractivity contribution in [2.24, 2.45) is 0 Å². The third-order valence-corrected chi connectivity index (χ3v) is 7.22. The van der Waals surface area contributed by atoms with Gasteiger partial charge in [0, 0.05) is 24.7 Å². The molecule has 2 aliphatic rings. The Kier molecular flexibility index (Phi) is 5.25. The summed E-state index contributed by atoms with van der Waals surface area (Å²) < 4.78 is 34.2. The van der Waals surface area contributed by atoms with E-state index in [1.54, 1.807) is 37.3 Å². The molecule has 0 aromatic heterocycles. The first-order valence-electron chi connectivity index (χ1n) is 10.0. The summed E-state index contributed by atoms with van der Waals surface area (Å²) in [5, 5.41) is 0. The SMILES string of the molecule is Cc1ccc(S(=O)(=O)Nc2ccc3c(c2)C(=O)N2CCCCC2CCO3)c(C)c1. The molecule has 0 bridgehead atoms. The molecular weight excluding hydrogens is 388 g/mol. The minimum absolute atomic E-state index is 0.0861. The molecule has 1 saturated heterocycles. The Balaban J connectivity index is 1.66. The molecule has 1 atom stereocenters. The number of benzene rings is 2. The van der Waals surface area contributed by atoms with Crippen molar-refractivity contribution >= 4 is 21.6 Å². The summed E-state index contributed by atoms with van der Waals surface area (Å²) in [5.41, 5.74) is 2.45. The number of ether oxygens (including phenoxy) is 1. The molecule has 1 N–H and O–H groups in total. The molecule has 6 nitrogen and oxygen atoms in total. The number of anilines is 1. The van der Waals surface area contributed by atoms with Crippen LogP contribution in [-0.2, 0) is 10.0 Å². The summed E-state index contributed by atoms with van der Waals surface area (Å²) >= 11 is 0. The number of aryl methyl sites for hydroxylation is 2. The number of amides is 1. The third kappa shape index (κ3) is 3.96. The van der Waals surface area contributed by atoms with Crippen LogP contribution in [0, 0.1) is 13.8 Å². The van der Waals surface area contributed by atoms with Crippen molar-refractivity contribution in [1.82, 2.24) is 4.90 Å². The lowest BCUT2D eigenvalue weighted by Crippen LogP contribution is -2.45. The smallest absolute Gasteiger partial charge is 0.262 e. The average Bonchev–Trinajstić information content (AvgIpc) is 2.67. The van der Waals surface area contributed by atoms with E-state index < -0.39 is 10.0 Å². The van der Waals surface area contributed by atoms with Crippen LogP contribution in [-0.4, -0.2) is 38.4 Å². The monoisotopic (exact) mass is 414 g/mol. The van der Waals surface area contributed by atoms with Gasteiger partial charge in [0.25, 0.3) is 15.9 Å². The maximum atomic E-state index is 13.2. The van der Waals surface area contributed by atoms with Crippen LogP contribution in [0.1, 0.15) is 47.2 Å². The number of fused-ring (bicyclic) bond motifs is 2. The molecule has 0 aliphatic carbocycles. The molecule has 1 fully saturated rings. The van der Waals surface area contributed by atoms with Gasteiger partial charge in [-0.25, -0.2) is 8.42 Å². The Bertz CT molecular complexity index is 1050. The van der Waals surface area contributed by atoms with Gasteiger partial charge in [-0.1, -0.05) is 17.7 Å². The van der Waals surface area contributed by atoms with Crippen molar-refractivity contribution in [3.8, 4) is 5.75 Å². The third-order valence-electron chi connectivity index (χ3n) is 5.68. The first-order valence-corrected chi connectivity index (χ1v) is 11.5. The van der Waals surface area contributed by atoms with Crippen LogP contribution in [0.25, 0.3) is 0 Å². The lowest BCUT2D eigenvalue weighted by Gasteiger charge is -2.37. The molecule has 1 amide bonds. The van der Waals surface area contributed by atoms with E-state index in [0.717, 1.165) is 37.8 Å². The number of rotatable bonds is 3. The first-order chi connectivity index (χ1) is 13.8. The number of piperidine rings is 1. The normalized spacial score (nSPS) is 19.4. The largest absolute Gasteiger partial charge is 0.493 e. The number of carbonyl (C=O) groups excluding carboxylic acids is 1. The minimum atomic E-state index is -3.76. The lowest BCUT2D eigenvalue weighted by molar-refractivity contribution is 0.0548. The van der Waals surface area contributed by atoms with E-state index in [1.165, 1.54) is 0 Å². The lowest BCUT2D eigenvalue weighted by atomic mass is 9.97. The van der Waals surface area contributed by atoms with E-state index in [9.17, 15) is 13.2 Å². The number of carbonyl (C=O) groups is 1. The van der Waals surface area contributed by atoms with E-state index in [1.807, 2.05) is 17.9 Å². The zero-order valence-electron chi connectivity index (χ0n) is 16.8. The number of hydrogen-bond acceptors (Lipinski definition) is 4. The molecule has 2 aliphatic heterocycles. The molecule has 1 unspecified atom stereocenters. The van der Waals surface area contributed by atoms with E-state index >= 15 is 0 Å². The van der Waals surface area contributed by atoms with Gasteiger partial charge in [0.15, 0.2) is 0 Å².